The number of rotatable bonds is 2. The zero-order valence-corrected chi connectivity index (χ0v) is 8.01. The lowest BCUT2D eigenvalue weighted by Gasteiger charge is -2.05. The summed E-state index contributed by atoms with van der Waals surface area (Å²) >= 11 is 0. The zero-order chi connectivity index (χ0) is 10.7. The second-order valence-electron chi connectivity index (χ2n) is 2.87. The predicted octanol–water partition coefficient (Wildman–Crippen LogP) is 2.11. The van der Waals surface area contributed by atoms with Crippen LogP contribution in [0.15, 0.2) is 30.7 Å². The van der Waals surface area contributed by atoms with Crippen molar-refractivity contribution in [2.45, 2.75) is 6.92 Å². The molecule has 76 valence electrons. The van der Waals surface area contributed by atoms with Crippen LogP contribution in [0.4, 0.5) is 4.39 Å². The molecule has 2 heterocycles. The van der Waals surface area contributed by atoms with Crippen LogP contribution in [0, 0.1) is 12.9 Å². The van der Waals surface area contributed by atoms with Crippen LogP contribution in [0.3, 0.4) is 0 Å². The van der Waals surface area contributed by atoms with E-state index in [2.05, 4.69) is 15.0 Å². The van der Waals surface area contributed by atoms with Crippen molar-refractivity contribution < 1.29 is 9.13 Å². The first-order valence-corrected chi connectivity index (χ1v) is 4.33. The summed E-state index contributed by atoms with van der Waals surface area (Å²) in [5.41, 5.74) is 0.719. The Hall–Kier alpha value is -2.04. The number of halogens is 1. The number of hydrogen-bond acceptors (Lipinski definition) is 4. The van der Waals surface area contributed by atoms with Gasteiger partial charge in [0.05, 0.1) is 11.8 Å². The maximum atomic E-state index is 12.7. The molecule has 4 nitrogen and oxygen atoms in total. The van der Waals surface area contributed by atoms with Crippen molar-refractivity contribution in [1.29, 1.82) is 0 Å². The van der Waals surface area contributed by atoms with Gasteiger partial charge in [0, 0.05) is 6.20 Å². The highest BCUT2D eigenvalue weighted by Crippen LogP contribution is 2.20. The standard InChI is InChI=1S/C10H8FN3O/c1-7-8(3-2-4-12-7)15-10-5-9(11)13-6-14-10/h2-6H,1H3. The molecule has 0 aliphatic heterocycles. The minimum Gasteiger partial charge on any atom is -0.437 e. The van der Waals surface area contributed by atoms with Crippen molar-refractivity contribution in [2.24, 2.45) is 0 Å². The molecule has 0 atom stereocenters. The summed E-state index contributed by atoms with van der Waals surface area (Å²) in [4.78, 5) is 11.1. The van der Waals surface area contributed by atoms with E-state index in [0.717, 1.165) is 18.1 Å². The average Bonchev–Trinajstić information content (AvgIpc) is 2.22. The molecule has 0 unspecified atom stereocenters. The fourth-order valence-corrected chi connectivity index (χ4v) is 1.06. The van der Waals surface area contributed by atoms with E-state index in [-0.39, 0.29) is 5.88 Å². The van der Waals surface area contributed by atoms with E-state index in [1.807, 2.05) is 0 Å². The smallest absolute Gasteiger partial charge is 0.225 e. The van der Waals surface area contributed by atoms with Crippen molar-refractivity contribution in [3.8, 4) is 11.6 Å². The Morgan fingerprint density at radius 1 is 1.27 bits per heavy atom. The van der Waals surface area contributed by atoms with Crippen molar-refractivity contribution in [3.63, 3.8) is 0 Å². The van der Waals surface area contributed by atoms with Gasteiger partial charge in [0.2, 0.25) is 11.8 Å². The van der Waals surface area contributed by atoms with Gasteiger partial charge in [-0.25, -0.2) is 9.97 Å². The van der Waals surface area contributed by atoms with E-state index in [0.29, 0.717) is 5.75 Å². The summed E-state index contributed by atoms with van der Waals surface area (Å²) in [7, 11) is 0. The highest BCUT2D eigenvalue weighted by molar-refractivity contribution is 5.29. The first-order valence-electron chi connectivity index (χ1n) is 4.33. The normalized spacial score (nSPS) is 10.0. The first kappa shape index (κ1) is 9.51. The Morgan fingerprint density at radius 3 is 2.87 bits per heavy atom. The highest BCUT2D eigenvalue weighted by atomic mass is 19.1. The van der Waals surface area contributed by atoms with Crippen LogP contribution in [-0.4, -0.2) is 15.0 Å². The Morgan fingerprint density at radius 2 is 2.13 bits per heavy atom. The van der Waals surface area contributed by atoms with Gasteiger partial charge in [-0.1, -0.05) is 0 Å². The molecule has 0 spiro atoms. The topological polar surface area (TPSA) is 47.9 Å². The molecule has 0 saturated heterocycles. The third kappa shape index (κ3) is 2.25. The molecule has 2 rings (SSSR count). The summed E-state index contributed by atoms with van der Waals surface area (Å²) < 4.78 is 18.1. The van der Waals surface area contributed by atoms with Crippen molar-refractivity contribution >= 4 is 0 Å². The quantitative estimate of drug-likeness (QED) is 0.704. The van der Waals surface area contributed by atoms with E-state index in [1.165, 1.54) is 0 Å². The second kappa shape index (κ2) is 4.00. The molecule has 0 aliphatic carbocycles. The number of ether oxygens (including phenoxy) is 1. The summed E-state index contributed by atoms with van der Waals surface area (Å²) in [6.45, 7) is 1.80. The van der Waals surface area contributed by atoms with Gasteiger partial charge in [-0.15, -0.1) is 0 Å². The van der Waals surface area contributed by atoms with E-state index >= 15 is 0 Å². The lowest BCUT2D eigenvalue weighted by Crippen LogP contribution is -1.93. The minimum atomic E-state index is -0.624. The third-order valence-electron chi connectivity index (χ3n) is 1.78. The lowest BCUT2D eigenvalue weighted by molar-refractivity contribution is 0.445. The second-order valence-corrected chi connectivity index (χ2v) is 2.87. The monoisotopic (exact) mass is 205 g/mol. The number of pyridine rings is 1. The van der Waals surface area contributed by atoms with Crippen LogP contribution in [0.2, 0.25) is 0 Å². The van der Waals surface area contributed by atoms with Gasteiger partial charge in [-0.2, -0.15) is 4.39 Å². The van der Waals surface area contributed by atoms with Crippen molar-refractivity contribution in [1.82, 2.24) is 15.0 Å². The maximum absolute atomic E-state index is 12.7. The number of aryl methyl sites for hydroxylation is 1. The minimum absolute atomic E-state index is 0.165. The Balaban J connectivity index is 2.26. The molecule has 0 radical (unpaired) electrons. The number of nitrogens with zero attached hydrogens (tertiary/aromatic N) is 3. The van der Waals surface area contributed by atoms with Gasteiger partial charge in [0.15, 0.2) is 5.75 Å². The predicted molar refractivity (Wildman–Crippen MR) is 51.0 cm³/mol. The van der Waals surface area contributed by atoms with Crippen LogP contribution in [-0.2, 0) is 0 Å². The Labute approximate surface area is 85.8 Å². The molecule has 0 N–H and O–H groups in total. The molecule has 5 heteroatoms. The lowest BCUT2D eigenvalue weighted by atomic mass is 10.3. The maximum Gasteiger partial charge on any atom is 0.225 e. The van der Waals surface area contributed by atoms with E-state index in [9.17, 15) is 4.39 Å². The molecule has 0 amide bonds. The zero-order valence-electron chi connectivity index (χ0n) is 8.01. The van der Waals surface area contributed by atoms with Crippen LogP contribution >= 0.6 is 0 Å². The average molecular weight is 205 g/mol. The molecular formula is C10H8FN3O. The van der Waals surface area contributed by atoms with E-state index in [4.69, 9.17) is 4.74 Å². The molecular weight excluding hydrogens is 197 g/mol. The molecule has 2 aromatic rings. The number of hydrogen-bond donors (Lipinski definition) is 0. The summed E-state index contributed by atoms with van der Waals surface area (Å²) in [6.07, 6.45) is 2.76. The molecule has 15 heavy (non-hydrogen) atoms. The summed E-state index contributed by atoms with van der Waals surface area (Å²) in [5.74, 6) is 0.0933. The van der Waals surface area contributed by atoms with Gasteiger partial charge in [-0.05, 0) is 19.1 Å². The van der Waals surface area contributed by atoms with Gasteiger partial charge in [-0.3, -0.25) is 4.98 Å². The Bertz CT molecular complexity index is 476. The van der Waals surface area contributed by atoms with Gasteiger partial charge >= 0.3 is 0 Å². The molecule has 0 fully saturated rings. The van der Waals surface area contributed by atoms with Crippen molar-refractivity contribution in [3.05, 3.63) is 42.4 Å². The van der Waals surface area contributed by atoms with Gasteiger partial charge in [0.25, 0.3) is 0 Å². The molecule has 0 aromatic carbocycles. The third-order valence-corrected chi connectivity index (χ3v) is 1.78. The molecule has 0 aliphatic rings. The number of aromatic nitrogens is 3. The van der Waals surface area contributed by atoms with E-state index in [1.54, 1.807) is 25.3 Å². The molecule has 0 bridgehead atoms. The van der Waals surface area contributed by atoms with Crippen LogP contribution in [0.25, 0.3) is 0 Å². The van der Waals surface area contributed by atoms with Crippen LogP contribution in [0.5, 0.6) is 11.6 Å². The molecule has 2 aromatic heterocycles. The van der Waals surface area contributed by atoms with Gasteiger partial charge < -0.3 is 4.74 Å². The summed E-state index contributed by atoms with van der Waals surface area (Å²) in [6, 6.07) is 4.59. The van der Waals surface area contributed by atoms with Crippen LogP contribution < -0.4 is 4.74 Å². The molecule has 0 saturated carbocycles. The Kier molecular flexibility index (Phi) is 2.53. The highest BCUT2D eigenvalue weighted by Gasteiger charge is 2.03. The SMILES string of the molecule is Cc1ncccc1Oc1cc(F)ncn1. The first-order chi connectivity index (χ1) is 7.25. The largest absolute Gasteiger partial charge is 0.437 e. The van der Waals surface area contributed by atoms with E-state index < -0.39 is 5.95 Å². The van der Waals surface area contributed by atoms with Crippen molar-refractivity contribution in [2.75, 3.05) is 0 Å². The van der Waals surface area contributed by atoms with Crippen LogP contribution in [0.1, 0.15) is 5.69 Å². The van der Waals surface area contributed by atoms with Gasteiger partial charge in [0.1, 0.15) is 6.33 Å². The fourth-order valence-electron chi connectivity index (χ4n) is 1.06. The summed E-state index contributed by atoms with van der Waals surface area (Å²) in [5, 5.41) is 0. The fraction of sp³-hybridized carbons (Fsp3) is 0.100.